The highest BCUT2D eigenvalue weighted by Crippen LogP contribution is 2.15. The molecule has 1 rings (SSSR count). The molecule has 0 saturated carbocycles. The van der Waals surface area contributed by atoms with Crippen molar-refractivity contribution in [2.24, 2.45) is 0 Å². The van der Waals surface area contributed by atoms with Crippen LogP contribution in [0.4, 0.5) is 0 Å². The molecule has 0 bridgehead atoms. The first kappa shape index (κ1) is 14.7. The molecular formula is C13H22N2O3. The lowest BCUT2D eigenvalue weighted by molar-refractivity contribution is 0.0659. The molecule has 0 aliphatic rings. The van der Waals surface area contributed by atoms with Crippen LogP contribution in [-0.2, 0) is 0 Å². The number of carboxylic acid groups (broad SMARTS) is 1. The van der Waals surface area contributed by atoms with E-state index in [1.54, 1.807) is 6.07 Å². The SMILES string of the molecule is CC(NCCN(C)C(C)C)c1ccc(C(=O)O)o1. The van der Waals surface area contributed by atoms with E-state index in [9.17, 15) is 4.79 Å². The second-order valence-electron chi connectivity index (χ2n) is 4.76. The van der Waals surface area contributed by atoms with Crippen molar-refractivity contribution in [1.29, 1.82) is 0 Å². The van der Waals surface area contributed by atoms with Crippen LogP contribution < -0.4 is 5.32 Å². The average Bonchev–Trinajstić information content (AvgIpc) is 2.77. The monoisotopic (exact) mass is 254 g/mol. The largest absolute Gasteiger partial charge is 0.475 e. The van der Waals surface area contributed by atoms with Gasteiger partial charge in [0.15, 0.2) is 0 Å². The number of furan rings is 1. The van der Waals surface area contributed by atoms with E-state index < -0.39 is 5.97 Å². The molecule has 0 saturated heterocycles. The molecule has 1 aromatic rings. The molecule has 0 spiro atoms. The van der Waals surface area contributed by atoms with Gasteiger partial charge in [0.05, 0.1) is 6.04 Å². The summed E-state index contributed by atoms with van der Waals surface area (Å²) >= 11 is 0. The maximum Gasteiger partial charge on any atom is 0.371 e. The number of carbonyl (C=O) groups is 1. The highest BCUT2D eigenvalue weighted by molar-refractivity contribution is 5.84. The van der Waals surface area contributed by atoms with Gasteiger partial charge in [0.25, 0.3) is 0 Å². The third-order valence-electron chi connectivity index (χ3n) is 3.06. The van der Waals surface area contributed by atoms with Crippen molar-refractivity contribution >= 4 is 5.97 Å². The van der Waals surface area contributed by atoms with Crippen molar-refractivity contribution in [3.63, 3.8) is 0 Å². The number of rotatable bonds is 7. The van der Waals surface area contributed by atoms with E-state index in [4.69, 9.17) is 9.52 Å². The molecule has 1 atom stereocenters. The molecule has 5 heteroatoms. The van der Waals surface area contributed by atoms with Gasteiger partial charge in [0.1, 0.15) is 5.76 Å². The Morgan fingerprint density at radius 2 is 2.11 bits per heavy atom. The molecule has 1 heterocycles. The molecule has 2 N–H and O–H groups in total. The predicted molar refractivity (Wildman–Crippen MR) is 69.9 cm³/mol. The van der Waals surface area contributed by atoms with Gasteiger partial charge in [-0.3, -0.25) is 0 Å². The number of likely N-dealkylation sites (N-methyl/N-ethyl adjacent to an activating group) is 1. The molecule has 1 aromatic heterocycles. The molecule has 0 aromatic carbocycles. The van der Waals surface area contributed by atoms with Gasteiger partial charge in [-0.2, -0.15) is 0 Å². The van der Waals surface area contributed by atoms with Crippen LogP contribution in [0.2, 0.25) is 0 Å². The van der Waals surface area contributed by atoms with Crippen molar-refractivity contribution in [2.75, 3.05) is 20.1 Å². The average molecular weight is 254 g/mol. The molecule has 18 heavy (non-hydrogen) atoms. The molecule has 0 amide bonds. The first-order valence-electron chi connectivity index (χ1n) is 6.18. The van der Waals surface area contributed by atoms with E-state index in [1.165, 1.54) is 6.07 Å². The van der Waals surface area contributed by atoms with E-state index in [1.807, 2.05) is 6.92 Å². The third kappa shape index (κ3) is 4.16. The summed E-state index contributed by atoms with van der Waals surface area (Å²) in [4.78, 5) is 12.9. The van der Waals surface area contributed by atoms with Gasteiger partial charge in [-0.15, -0.1) is 0 Å². The summed E-state index contributed by atoms with van der Waals surface area (Å²) in [7, 11) is 2.08. The summed E-state index contributed by atoms with van der Waals surface area (Å²) in [6, 6.07) is 3.71. The van der Waals surface area contributed by atoms with Crippen LogP contribution in [0.1, 0.15) is 43.1 Å². The Labute approximate surface area is 108 Å². The number of hydrogen-bond donors (Lipinski definition) is 2. The Bertz CT molecular complexity index is 387. The highest BCUT2D eigenvalue weighted by atomic mass is 16.4. The van der Waals surface area contributed by atoms with Gasteiger partial charge in [-0.05, 0) is 40.0 Å². The fourth-order valence-corrected chi connectivity index (χ4v) is 1.52. The summed E-state index contributed by atoms with van der Waals surface area (Å²) in [5.41, 5.74) is 0. The molecular weight excluding hydrogens is 232 g/mol. The zero-order chi connectivity index (χ0) is 13.7. The Hall–Kier alpha value is -1.33. The second-order valence-corrected chi connectivity index (χ2v) is 4.76. The highest BCUT2D eigenvalue weighted by Gasteiger charge is 2.13. The Kier molecular flexibility index (Phi) is 5.37. The van der Waals surface area contributed by atoms with Crippen molar-refractivity contribution in [2.45, 2.75) is 32.9 Å². The first-order chi connectivity index (χ1) is 8.41. The van der Waals surface area contributed by atoms with Gasteiger partial charge in [-0.1, -0.05) is 0 Å². The topological polar surface area (TPSA) is 65.7 Å². The number of hydrogen-bond acceptors (Lipinski definition) is 4. The molecule has 0 fully saturated rings. The van der Waals surface area contributed by atoms with Crippen LogP contribution in [0.25, 0.3) is 0 Å². The summed E-state index contributed by atoms with van der Waals surface area (Å²) in [5, 5.41) is 12.1. The minimum absolute atomic E-state index is 0.0127. The Morgan fingerprint density at radius 3 is 2.61 bits per heavy atom. The van der Waals surface area contributed by atoms with Crippen LogP contribution in [0.5, 0.6) is 0 Å². The zero-order valence-electron chi connectivity index (χ0n) is 11.4. The molecule has 0 aliphatic heterocycles. The fraction of sp³-hybridized carbons (Fsp3) is 0.615. The van der Waals surface area contributed by atoms with Crippen LogP contribution in [-0.4, -0.2) is 42.2 Å². The van der Waals surface area contributed by atoms with E-state index in [-0.39, 0.29) is 11.8 Å². The minimum atomic E-state index is -1.03. The van der Waals surface area contributed by atoms with Crippen molar-refractivity contribution in [1.82, 2.24) is 10.2 Å². The van der Waals surface area contributed by atoms with Crippen molar-refractivity contribution < 1.29 is 14.3 Å². The molecule has 102 valence electrons. The van der Waals surface area contributed by atoms with E-state index in [2.05, 4.69) is 31.1 Å². The first-order valence-corrected chi connectivity index (χ1v) is 6.18. The molecule has 0 aliphatic carbocycles. The Morgan fingerprint density at radius 1 is 1.44 bits per heavy atom. The minimum Gasteiger partial charge on any atom is -0.475 e. The third-order valence-corrected chi connectivity index (χ3v) is 3.06. The summed E-state index contributed by atoms with van der Waals surface area (Å²) in [5.74, 6) is -0.398. The lowest BCUT2D eigenvalue weighted by Gasteiger charge is -2.22. The number of aromatic carboxylic acids is 1. The quantitative estimate of drug-likeness (QED) is 0.778. The van der Waals surface area contributed by atoms with Gasteiger partial charge in [0.2, 0.25) is 5.76 Å². The molecule has 0 radical (unpaired) electrons. The summed E-state index contributed by atoms with van der Waals surface area (Å²) < 4.78 is 5.24. The van der Waals surface area contributed by atoms with E-state index in [0.717, 1.165) is 13.1 Å². The fourth-order valence-electron chi connectivity index (χ4n) is 1.52. The summed E-state index contributed by atoms with van der Waals surface area (Å²) in [6.07, 6.45) is 0. The standard InChI is InChI=1S/C13H22N2O3/c1-9(2)15(4)8-7-14-10(3)11-5-6-12(18-11)13(16)17/h5-6,9-10,14H,7-8H2,1-4H3,(H,16,17). The molecule has 1 unspecified atom stereocenters. The van der Waals surface area contributed by atoms with Crippen LogP contribution >= 0.6 is 0 Å². The number of nitrogens with one attached hydrogen (secondary N) is 1. The second kappa shape index (κ2) is 6.56. The number of carboxylic acids is 1. The van der Waals surface area contributed by atoms with Crippen LogP contribution in [0.3, 0.4) is 0 Å². The van der Waals surface area contributed by atoms with Gasteiger partial charge >= 0.3 is 5.97 Å². The summed E-state index contributed by atoms with van der Waals surface area (Å²) in [6.45, 7) is 8.03. The predicted octanol–water partition coefficient (Wildman–Crippen LogP) is 1.97. The van der Waals surface area contributed by atoms with Crippen LogP contribution in [0, 0.1) is 0 Å². The van der Waals surface area contributed by atoms with Crippen molar-refractivity contribution in [3.8, 4) is 0 Å². The smallest absolute Gasteiger partial charge is 0.371 e. The zero-order valence-corrected chi connectivity index (χ0v) is 11.4. The van der Waals surface area contributed by atoms with E-state index in [0.29, 0.717) is 11.8 Å². The molecule has 5 nitrogen and oxygen atoms in total. The van der Waals surface area contributed by atoms with Gasteiger partial charge in [0, 0.05) is 19.1 Å². The normalized spacial score (nSPS) is 13.2. The maximum absolute atomic E-state index is 10.7. The Balaban J connectivity index is 2.40. The number of nitrogens with zero attached hydrogens (tertiary/aromatic N) is 1. The van der Waals surface area contributed by atoms with Crippen molar-refractivity contribution in [3.05, 3.63) is 23.7 Å². The lowest BCUT2D eigenvalue weighted by Crippen LogP contribution is -2.34. The van der Waals surface area contributed by atoms with Crippen LogP contribution in [0.15, 0.2) is 16.5 Å². The van der Waals surface area contributed by atoms with Gasteiger partial charge < -0.3 is 19.7 Å². The van der Waals surface area contributed by atoms with E-state index >= 15 is 0 Å². The maximum atomic E-state index is 10.7. The van der Waals surface area contributed by atoms with Gasteiger partial charge in [-0.25, -0.2) is 4.79 Å². The lowest BCUT2D eigenvalue weighted by atomic mass is 10.2.